The van der Waals surface area contributed by atoms with E-state index in [9.17, 15) is 9.59 Å². The first-order valence-electron chi connectivity index (χ1n) is 8.20. The number of hydrogen-bond acceptors (Lipinski definition) is 3. The molecule has 2 rings (SSSR count). The van der Waals surface area contributed by atoms with Gasteiger partial charge in [0.1, 0.15) is 12.9 Å². The maximum atomic E-state index is 12.1. The summed E-state index contributed by atoms with van der Waals surface area (Å²) in [6.45, 7) is 5.67. The highest BCUT2D eigenvalue weighted by Gasteiger charge is 2.21. The molecule has 0 spiro atoms. The lowest BCUT2D eigenvalue weighted by atomic mass is 9.92. The lowest BCUT2D eigenvalue weighted by Gasteiger charge is -2.28. The first-order valence-corrected chi connectivity index (χ1v) is 8.20. The third-order valence-corrected chi connectivity index (χ3v) is 4.41. The van der Waals surface area contributed by atoms with Crippen LogP contribution >= 0.6 is 0 Å². The van der Waals surface area contributed by atoms with Crippen molar-refractivity contribution in [2.45, 2.75) is 33.3 Å². The summed E-state index contributed by atoms with van der Waals surface area (Å²) >= 11 is 0. The molecular formula is C19H25NO3. The molecule has 4 heteroatoms. The van der Waals surface area contributed by atoms with Gasteiger partial charge >= 0.3 is 6.09 Å². The molecule has 0 aliphatic carbocycles. The third-order valence-electron chi connectivity index (χ3n) is 4.41. The Bertz CT molecular complexity index is 543. The van der Waals surface area contributed by atoms with E-state index in [1.54, 1.807) is 4.90 Å². The van der Waals surface area contributed by atoms with Crippen molar-refractivity contribution in [3.63, 3.8) is 0 Å². The minimum Gasteiger partial charge on any atom is -0.445 e. The van der Waals surface area contributed by atoms with Gasteiger partial charge in [0.15, 0.2) is 0 Å². The van der Waals surface area contributed by atoms with E-state index >= 15 is 0 Å². The first-order chi connectivity index (χ1) is 11.1. The molecule has 0 radical (unpaired) electrons. The Morgan fingerprint density at radius 2 is 1.83 bits per heavy atom. The van der Waals surface area contributed by atoms with Crippen LogP contribution in [-0.2, 0) is 16.1 Å². The van der Waals surface area contributed by atoms with Gasteiger partial charge in [0.2, 0.25) is 0 Å². The van der Waals surface area contributed by atoms with E-state index in [1.807, 2.05) is 37.3 Å². The Morgan fingerprint density at radius 1 is 1.17 bits per heavy atom. The first kappa shape index (κ1) is 17.3. The molecule has 0 aromatic heterocycles. The SMILES string of the molecule is C[C@H](C=O)[C@@H](C)C=C1CCN(C(=O)OCc2ccccc2)CC1. The zero-order valence-corrected chi connectivity index (χ0v) is 13.9. The lowest BCUT2D eigenvalue weighted by molar-refractivity contribution is -0.111. The Balaban J connectivity index is 1.78. The Kier molecular flexibility index (Phi) is 6.39. The summed E-state index contributed by atoms with van der Waals surface area (Å²) in [5.41, 5.74) is 2.33. The molecule has 23 heavy (non-hydrogen) atoms. The topological polar surface area (TPSA) is 46.6 Å². The summed E-state index contributed by atoms with van der Waals surface area (Å²) in [6, 6.07) is 9.70. The summed E-state index contributed by atoms with van der Waals surface area (Å²) in [5.74, 6) is 0.287. The zero-order valence-electron chi connectivity index (χ0n) is 13.9. The highest BCUT2D eigenvalue weighted by Crippen LogP contribution is 2.21. The molecule has 1 aliphatic rings. The monoisotopic (exact) mass is 315 g/mol. The molecule has 1 aromatic rings. The van der Waals surface area contributed by atoms with Crippen molar-refractivity contribution in [2.24, 2.45) is 11.8 Å². The molecule has 1 aliphatic heterocycles. The Labute approximate surface area is 138 Å². The summed E-state index contributed by atoms with van der Waals surface area (Å²) in [7, 11) is 0. The van der Waals surface area contributed by atoms with Gasteiger partial charge in [0.25, 0.3) is 0 Å². The fourth-order valence-electron chi connectivity index (χ4n) is 2.60. The number of carbonyl (C=O) groups is 2. The van der Waals surface area contributed by atoms with Gasteiger partial charge in [-0.1, -0.05) is 55.8 Å². The molecule has 4 nitrogen and oxygen atoms in total. The number of aldehydes is 1. The maximum absolute atomic E-state index is 12.1. The van der Waals surface area contributed by atoms with E-state index < -0.39 is 0 Å². The zero-order chi connectivity index (χ0) is 16.7. The van der Waals surface area contributed by atoms with Gasteiger partial charge < -0.3 is 14.4 Å². The number of amides is 1. The van der Waals surface area contributed by atoms with Crippen LogP contribution in [0.4, 0.5) is 4.79 Å². The average molecular weight is 315 g/mol. The molecule has 1 saturated heterocycles. The molecule has 0 unspecified atom stereocenters. The van der Waals surface area contributed by atoms with Gasteiger partial charge in [-0.05, 0) is 24.3 Å². The second kappa shape index (κ2) is 8.51. The molecular weight excluding hydrogens is 290 g/mol. The largest absolute Gasteiger partial charge is 0.445 e. The van der Waals surface area contributed by atoms with Crippen LogP contribution in [-0.4, -0.2) is 30.4 Å². The molecule has 0 bridgehead atoms. The number of piperidine rings is 1. The standard InChI is InChI=1S/C19H25NO3/c1-15(16(2)13-21)12-17-8-10-20(11-9-17)19(22)23-14-18-6-4-3-5-7-18/h3-7,12-13,15-16H,8-11,14H2,1-2H3/t15-,16+/m0/s1. The minimum atomic E-state index is -0.248. The second-order valence-corrected chi connectivity index (χ2v) is 6.21. The molecule has 1 amide bonds. The van der Waals surface area contributed by atoms with Crippen LogP contribution < -0.4 is 0 Å². The van der Waals surface area contributed by atoms with E-state index in [-0.39, 0.29) is 17.9 Å². The van der Waals surface area contributed by atoms with Gasteiger partial charge in [0.05, 0.1) is 0 Å². The number of rotatable bonds is 5. The van der Waals surface area contributed by atoms with Gasteiger partial charge in [-0.3, -0.25) is 0 Å². The predicted molar refractivity (Wildman–Crippen MR) is 89.9 cm³/mol. The van der Waals surface area contributed by atoms with Crippen LogP contribution in [0.1, 0.15) is 32.3 Å². The number of likely N-dealkylation sites (tertiary alicyclic amines) is 1. The van der Waals surface area contributed by atoms with E-state index in [4.69, 9.17) is 4.74 Å². The summed E-state index contributed by atoms with van der Waals surface area (Å²) < 4.78 is 5.36. The molecule has 0 N–H and O–H groups in total. The van der Waals surface area contributed by atoms with Crippen molar-refractivity contribution in [3.8, 4) is 0 Å². The van der Waals surface area contributed by atoms with Gasteiger partial charge in [-0.15, -0.1) is 0 Å². The van der Waals surface area contributed by atoms with Crippen LogP contribution in [0, 0.1) is 11.8 Å². The molecule has 0 saturated carbocycles. The van der Waals surface area contributed by atoms with Gasteiger partial charge in [0, 0.05) is 19.0 Å². The molecule has 2 atom stereocenters. The van der Waals surface area contributed by atoms with Crippen molar-refractivity contribution >= 4 is 12.4 Å². The normalized spacial score (nSPS) is 17.3. The Hall–Kier alpha value is -2.10. The number of nitrogens with zero attached hydrogens (tertiary/aromatic N) is 1. The average Bonchev–Trinajstić information content (AvgIpc) is 2.60. The molecule has 1 heterocycles. The van der Waals surface area contributed by atoms with Crippen molar-refractivity contribution in [3.05, 3.63) is 47.5 Å². The number of allylic oxidation sites excluding steroid dienone is 1. The minimum absolute atomic E-state index is 0.0383. The number of ether oxygens (including phenoxy) is 1. The second-order valence-electron chi connectivity index (χ2n) is 6.21. The summed E-state index contributed by atoms with van der Waals surface area (Å²) in [6.07, 6.45) is 4.65. The van der Waals surface area contributed by atoms with Crippen LogP contribution in [0.5, 0.6) is 0 Å². The van der Waals surface area contributed by atoms with Crippen molar-refractivity contribution in [1.82, 2.24) is 4.90 Å². The highest BCUT2D eigenvalue weighted by molar-refractivity contribution is 5.68. The third kappa shape index (κ3) is 5.23. The number of benzene rings is 1. The van der Waals surface area contributed by atoms with Crippen LogP contribution in [0.15, 0.2) is 42.0 Å². The van der Waals surface area contributed by atoms with E-state index in [0.29, 0.717) is 19.7 Å². The Morgan fingerprint density at radius 3 is 2.43 bits per heavy atom. The molecule has 1 fully saturated rings. The van der Waals surface area contributed by atoms with Crippen LogP contribution in [0.25, 0.3) is 0 Å². The van der Waals surface area contributed by atoms with E-state index in [0.717, 1.165) is 24.7 Å². The summed E-state index contributed by atoms with van der Waals surface area (Å²) in [5, 5.41) is 0. The smallest absolute Gasteiger partial charge is 0.410 e. The fourth-order valence-corrected chi connectivity index (χ4v) is 2.60. The maximum Gasteiger partial charge on any atom is 0.410 e. The van der Waals surface area contributed by atoms with Gasteiger partial charge in [-0.2, -0.15) is 0 Å². The van der Waals surface area contributed by atoms with Gasteiger partial charge in [-0.25, -0.2) is 4.79 Å². The predicted octanol–water partition coefficient (Wildman–Crippen LogP) is 3.82. The summed E-state index contributed by atoms with van der Waals surface area (Å²) in [4.78, 5) is 24.7. The fraction of sp³-hybridized carbons (Fsp3) is 0.474. The highest BCUT2D eigenvalue weighted by atomic mass is 16.6. The van der Waals surface area contributed by atoms with Crippen molar-refractivity contribution in [2.75, 3.05) is 13.1 Å². The van der Waals surface area contributed by atoms with Crippen LogP contribution in [0.2, 0.25) is 0 Å². The quantitative estimate of drug-likeness (QED) is 0.613. The number of hydrogen-bond donors (Lipinski definition) is 0. The molecule has 1 aromatic carbocycles. The number of carbonyl (C=O) groups excluding carboxylic acids is 2. The van der Waals surface area contributed by atoms with Crippen molar-refractivity contribution in [1.29, 1.82) is 0 Å². The van der Waals surface area contributed by atoms with E-state index in [1.165, 1.54) is 5.57 Å². The lowest BCUT2D eigenvalue weighted by Crippen LogP contribution is -2.36. The van der Waals surface area contributed by atoms with Crippen molar-refractivity contribution < 1.29 is 14.3 Å². The van der Waals surface area contributed by atoms with Crippen LogP contribution in [0.3, 0.4) is 0 Å². The molecule has 124 valence electrons. The van der Waals surface area contributed by atoms with E-state index in [2.05, 4.69) is 13.0 Å².